The topological polar surface area (TPSA) is 72.6 Å². The molecule has 5 aromatic rings. The highest BCUT2D eigenvalue weighted by molar-refractivity contribution is 6.30. The first-order valence-electron chi connectivity index (χ1n) is 14.0. The highest BCUT2D eigenvalue weighted by Crippen LogP contribution is 2.32. The molecule has 6 rings (SSSR count). The van der Waals surface area contributed by atoms with E-state index in [4.69, 9.17) is 11.6 Å². The highest BCUT2D eigenvalue weighted by atomic mass is 35.5. The largest absolute Gasteiger partial charge is 0.359 e. The Morgan fingerprint density at radius 3 is 2.68 bits per heavy atom. The number of hydrogen-bond acceptors (Lipinski definition) is 4. The molecule has 1 saturated heterocycles. The van der Waals surface area contributed by atoms with Gasteiger partial charge >= 0.3 is 0 Å². The first-order chi connectivity index (χ1) is 20.0. The van der Waals surface area contributed by atoms with E-state index >= 15 is 0 Å². The number of nitrogens with zero attached hydrogens (tertiary/aromatic N) is 3. The number of pyridine rings is 1. The summed E-state index contributed by atoms with van der Waals surface area (Å²) >= 11 is 6.30. The third-order valence-electron chi connectivity index (χ3n) is 7.65. The molecule has 41 heavy (non-hydrogen) atoms. The minimum Gasteiger partial charge on any atom is -0.359 e. The number of piperidine rings is 1. The summed E-state index contributed by atoms with van der Waals surface area (Å²) in [6.45, 7) is 12.6. The fourth-order valence-electron chi connectivity index (χ4n) is 5.50. The fraction of sp³-hybridized carbons (Fsp3) is 0.176. The van der Waals surface area contributed by atoms with Gasteiger partial charge in [0.1, 0.15) is 5.69 Å². The summed E-state index contributed by atoms with van der Waals surface area (Å²) in [5.74, 6) is 0.919. The number of aromatic amines is 2. The summed E-state index contributed by atoms with van der Waals surface area (Å²) in [5.41, 5.74) is 7.86. The van der Waals surface area contributed by atoms with Gasteiger partial charge in [-0.25, -0.2) is 0 Å². The van der Waals surface area contributed by atoms with Crippen LogP contribution in [-0.4, -0.2) is 38.2 Å². The second-order valence-corrected chi connectivity index (χ2v) is 10.8. The van der Waals surface area contributed by atoms with Gasteiger partial charge in [0.25, 0.3) is 0 Å². The number of likely N-dealkylation sites (tertiary alicyclic amines) is 1. The molecule has 3 N–H and O–H groups in total. The molecule has 6 nitrogen and oxygen atoms in total. The molecule has 0 spiro atoms. The van der Waals surface area contributed by atoms with Gasteiger partial charge in [-0.15, -0.1) is 0 Å². The van der Waals surface area contributed by atoms with Crippen molar-refractivity contribution in [2.24, 2.45) is 0 Å². The minimum atomic E-state index is 0.713. The molecule has 0 aliphatic carbocycles. The smallest absolute Gasteiger partial charge is 0.116 e. The molecule has 0 radical (unpaired) electrons. The number of nitrogens with one attached hydrogen (secondary N) is 3. The lowest BCUT2D eigenvalue weighted by atomic mass is 10.0. The predicted molar refractivity (Wildman–Crippen MR) is 172 cm³/mol. The Labute approximate surface area is 244 Å². The molecule has 206 valence electrons. The molecule has 0 atom stereocenters. The molecule has 4 heterocycles. The van der Waals surface area contributed by atoms with Crippen molar-refractivity contribution in [2.75, 3.05) is 18.4 Å². The predicted octanol–water partition coefficient (Wildman–Crippen LogP) is 6.94. The van der Waals surface area contributed by atoms with E-state index in [1.807, 2.05) is 37.5 Å². The van der Waals surface area contributed by atoms with Gasteiger partial charge in [0, 0.05) is 46.0 Å². The first kappa shape index (κ1) is 26.7. The van der Waals surface area contributed by atoms with Crippen LogP contribution in [0, 0.1) is 0 Å². The van der Waals surface area contributed by atoms with Crippen molar-refractivity contribution < 1.29 is 0 Å². The first-order valence-corrected chi connectivity index (χ1v) is 14.3. The molecule has 0 bridgehead atoms. The SMILES string of the molecule is C=C(Nc1cncc(C(/C=c2/c(-c3cc4c(-c5cccc(Cl)c5)cccc4[nH]3)n[nH]c2=C)=C/C)c1)N1CCCCC1. The Kier molecular flexibility index (Phi) is 7.49. The van der Waals surface area contributed by atoms with E-state index in [1.54, 1.807) is 0 Å². The molecule has 7 heteroatoms. The number of fused-ring (bicyclic) bond motifs is 1. The van der Waals surface area contributed by atoms with Crippen LogP contribution >= 0.6 is 11.6 Å². The van der Waals surface area contributed by atoms with E-state index in [0.717, 1.165) is 79.7 Å². The molecule has 2 aromatic carbocycles. The lowest BCUT2D eigenvalue weighted by molar-refractivity contribution is 0.289. The number of benzene rings is 2. The third-order valence-corrected chi connectivity index (χ3v) is 7.88. The summed E-state index contributed by atoms with van der Waals surface area (Å²) in [6, 6.07) is 18.4. The maximum Gasteiger partial charge on any atom is 0.116 e. The summed E-state index contributed by atoms with van der Waals surface area (Å²) in [6.07, 6.45) is 11.6. The fourth-order valence-corrected chi connectivity index (χ4v) is 5.69. The van der Waals surface area contributed by atoms with Gasteiger partial charge in [-0.05, 0) is 79.3 Å². The Morgan fingerprint density at radius 2 is 1.88 bits per heavy atom. The molecule has 1 fully saturated rings. The van der Waals surface area contributed by atoms with Gasteiger partial charge in [-0.2, -0.15) is 5.10 Å². The zero-order chi connectivity index (χ0) is 28.3. The van der Waals surface area contributed by atoms with Crippen molar-refractivity contribution in [3.05, 3.63) is 107 Å². The standard InChI is InChI=1S/C34H33ClN6/c1-4-24(26-17-28(21-36-20-26)37-23(3)41-14-6-5-7-15-41)18-30-22(2)39-40-34(30)33-19-31-29(12-9-13-32(31)38-33)25-10-8-11-27(35)16-25/h4,8-13,16-21,37-39H,2-3,5-7,14-15H2,1H3/b24-4+,30-18+. The van der Waals surface area contributed by atoms with Gasteiger partial charge in [0.05, 0.1) is 28.7 Å². The summed E-state index contributed by atoms with van der Waals surface area (Å²) < 4.78 is 0. The van der Waals surface area contributed by atoms with Crippen molar-refractivity contribution in [1.29, 1.82) is 0 Å². The molecule has 1 aliphatic heterocycles. The Balaban J connectivity index is 1.35. The van der Waals surface area contributed by atoms with E-state index in [0.29, 0.717) is 5.02 Å². The Hall–Kier alpha value is -4.55. The van der Waals surface area contributed by atoms with Gasteiger partial charge < -0.3 is 15.2 Å². The van der Waals surface area contributed by atoms with E-state index in [2.05, 4.69) is 92.1 Å². The zero-order valence-corrected chi connectivity index (χ0v) is 23.9. The second kappa shape index (κ2) is 11.5. The number of aromatic nitrogens is 4. The minimum absolute atomic E-state index is 0.713. The molecule has 1 aliphatic rings. The molecule has 0 unspecified atom stereocenters. The summed E-state index contributed by atoms with van der Waals surface area (Å²) in [5, 5.41) is 14.7. The number of rotatable bonds is 7. The van der Waals surface area contributed by atoms with Gasteiger partial charge in [0.2, 0.25) is 0 Å². The van der Waals surface area contributed by atoms with Crippen LogP contribution in [0.1, 0.15) is 31.7 Å². The molecular weight excluding hydrogens is 528 g/mol. The third kappa shape index (κ3) is 5.56. The second-order valence-electron chi connectivity index (χ2n) is 10.4. The number of anilines is 1. The molecule has 3 aromatic heterocycles. The van der Waals surface area contributed by atoms with E-state index in [-0.39, 0.29) is 0 Å². The van der Waals surface area contributed by atoms with Crippen LogP contribution in [0.2, 0.25) is 5.02 Å². The van der Waals surface area contributed by atoms with Gasteiger partial charge in [-0.1, -0.05) is 55.1 Å². The van der Waals surface area contributed by atoms with Crippen LogP contribution in [0.25, 0.3) is 51.6 Å². The van der Waals surface area contributed by atoms with Gasteiger partial charge in [0.15, 0.2) is 0 Å². The quantitative estimate of drug-likeness (QED) is 0.202. The average Bonchev–Trinajstić information content (AvgIpc) is 3.59. The average molecular weight is 561 g/mol. The van der Waals surface area contributed by atoms with Crippen LogP contribution in [0.4, 0.5) is 5.69 Å². The van der Waals surface area contributed by atoms with E-state index in [1.165, 1.54) is 19.3 Å². The van der Waals surface area contributed by atoms with Crippen molar-refractivity contribution >= 4 is 46.4 Å². The molecule has 0 amide bonds. The van der Waals surface area contributed by atoms with Crippen LogP contribution in [-0.2, 0) is 0 Å². The van der Waals surface area contributed by atoms with Crippen molar-refractivity contribution in [2.45, 2.75) is 26.2 Å². The van der Waals surface area contributed by atoms with Crippen LogP contribution in [0.5, 0.6) is 0 Å². The highest BCUT2D eigenvalue weighted by Gasteiger charge is 2.14. The summed E-state index contributed by atoms with van der Waals surface area (Å²) in [4.78, 5) is 10.4. The summed E-state index contributed by atoms with van der Waals surface area (Å²) in [7, 11) is 0. The maximum absolute atomic E-state index is 6.30. The van der Waals surface area contributed by atoms with E-state index in [9.17, 15) is 0 Å². The molecular formula is C34H33ClN6. The lowest BCUT2D eigenvalue weighted by Gasteiger charge is -2.30. The number of H-pyrrole nitrogens is 2. The van der Waals surface area contributed by atoms with Crippen LogP contribution < -0.4 is 15.9 Å². The number of hydrogen-bond donors (Lipinski definition) is 3. The normalized spacial score (nSPS) is 14.5. The lowest BCUT2D eigenvalue weighted by Crippen LogP contribution is -2.31. The number of allylic oxidation sites excluding steroid dienone is 2. The van der Waals surface area contributed by atoms with Crippen LogP contribution in [0.15, 0.2) is 85.5 Å². The zero-order valence-electron chi connectivity index (χ0n) is 23.2. The van der Waals surface area contributed by atoms with Crippen molar-refractivity contribution in [1.82, 2.24) is 25.1 Å². The Bertz CT molecular complexity index is 1870. The van der Waals surface area contributed by atoms with Crippen LogP contribution in [0.3, 0.4) is 0 Å². The number of halogens is 1. The Morgan fingerprint density at radius 1 is 1.05 bits per heavy atom. The van der Waals surface area contributed by atoms with Gasteiger partial charge in [-0.3, -0.25) is 10.1 Å². The van der Waals surface area contributed by atoms with Crippen molar-refractivity contribution in [3.8, 4) is 22.5 Å². The van der Waals surface area contributed by atoms with Crippen molar-refractivity contribution in [3.63, 3.8) is 0 Å². The maximum atomic E-state index is 6.30. The monoisotopic (exact) mass is 560 g/mol. The van der Waals surface area contributed by atoms with E-state index < -0.39 is 0 Å². The molecule has 0 saturated carbocycles.